The van der Waals surface area contributed by atoms with Crippen LogP contribution in [0, 0.1) is 0 Å². The molecule has 0 aliphatic heterocycles. The van der Waals surface area contributed by atoms with Crippen LogP contribution in [-0.2, 0) is 10.6 Å². The monoisotopic (exact) mass is 282 g/mol. The van der Waals surface area contributed by atoms with Crippen LogP contribution < -0.4 is 0 Å². The molecule has 0 aliphatic carbocycles. The minimum Gasteiger partial charge on any atom is -0.361 e. The maximum Gasteiger partial charge on any atom is 0.333 e. The molecule has 20 heavy (non-hydrogen) atoms. The number of fused-ring (bicyclic) bond motifs is 1. The highest BCUT2D eigenvalue weighted by atomic mass is 16.7. The minimum atomic E-state index is -3.62. The molecule has 2 rings (SSSR count). The van der Waals surface area contributed by atoms with Crippen LogP contribution in [0.25, 0.3) is 10.9 Å². The predicted octanol–water partition coefficient (Wildman–Crippen LogP) is -0.819. The number of benzene rings is 1. The molecule has 8 heteroatoms. The van der Waals surface area contributed by atoms with E-state index in [1.807, 2.05) is 0 Å². The predicted molar refractivity (Wildman–Crippen MR) is 65.9 cm³/mol. The van der Waals surface area contributed by atoms with Gasteiger partial charge in [-0.15, -0.1) is 0 Å². The van der Waals surface area contributed by atoms with Crippen LogP contribution in [0.15, 0.2) is 30.5 Å². The summed E-state index contributed by atoms with van der Waals surface area (Å²) in [7, 11) is 0. The van der Waals surface area contributed by atoms with Crippen molar-refractivity contribution in [3.05, 3.63) is 36.0 Å². The molecule has 0 aliphatic rings. The molecule has 0 saturated heterocycles. The van der Waals surface area contributed by atoms with E-state index >= 15 is 0 Å². The molecular weight excluding hydrogens is 268 g/mol. The highest BCUT2D eigenvalue weighted by Crippen LogP contribution is 2.35. The second kappa shape index (κ2) is 4.54. The van der Waals surface area contributed by atoms with Crippen molar-refractivity contribution in [2.24, 2.45) is 0 Å². The van der Waals surface area contributed by atoms with Gasteiger partial charge in [-0.1, -0.05) is 18.2 Å². The second-order valence-corrected chi connectivity index (χ2v) is 4.39. The lowest BCUT2D eigenvalue weighted by atomic mass is 10.0. The Bertz CT molecular complexity index is 648. The fourth-order valence-corrected chi connectivity index (χ4v) is 1.91. The Kier molecular flexibility index (Phi) is 3.28. The average molecular weight is 282 g/mol. The number of carbonyl (C=O) groups is 1. The number of aromatic amines is 1. The first-order valence-electron chi connectivity index (χ1n) is 5.65. The third-order valence-electron chi connectivity index (χ3n) is 3.03. The normalized spacial score (nSPS) is 12.7. The smallest absolute Gasteiger partial charge is 0.333 e. The van der Waals surface area contributed by atoms with Gasteiger partial charge in [0, 0.05) is 29.6 Å². The number of aliphatic hydroxyl groups is 4. The number of hydrogen-bond acceptors (Lipinski definition) is 6. The summed E-state index contributed by atoms with van der Waals surface area (Å²) in [6.07, 6.45) is 1.14. The molecule has 0 atom stereocenters. The highest BCUT2D eigenvalue weighted by molar-refractivity contribution is 5.84. The number of H-pyrrole nitrogens is 1. The SMILES string of the molecule is CC(=O)N(O)C(O)(O)C(O)(O)c1c[nH]c2ccccc12. The summed E-state index contributed by atoms with van der Waals surface area (Å²) in [6.45, 7) is 0.826. The lowest BCUT2D eigenvalue weighted by Gasteiger charge is -2.38. The molecule has 0 fully saturated rings. The van der Waals surface area contributed by atoms with Crippen LogP contribution in [0.3, 0.4) is 0 Å². The molecule has 0 radical (unpaired) electrons. The van der Waals surface area contributed by atoms with Gasteiger partial charge in [-0.25, -0.2) is 0 Å². The number of para-hydroxylation sites is 1. The summed E-state index contributed by atoms with van der Waals surface area (Å²) < 4.78 is 0. The Labute approximate surface area is 113 Å². The lowest BCUT2D eigenvalue weighted by molar-refractivity contribution is -0.456. The first-order chi connectivity index (χ1) is 9.19. The first-order valence-corrected chi connectivity index (χ1v) is 5.65. The zero-order valence-electron chi connectivity index (χ0n) is 10.5. The molecule has 8 nitrogen and oxygen atoms in total. The van der Waals surface area contributed by atoms with Crippen molar-refractivity contribution in [2.45, 2.75) is 18.6 Å². The van der Waals surface area contributed by atoms with E-state index < -0.39 is 22.7 Å². The zero-order valence-corrected chi connectivity index (χ0v) is 10.5. The number of nitrogens with zero attached hydrogens (tertiary/aromatic N) is 1. The summed E-state index contributed by atoms with van der Waals surface area (Å²) in [5.74, 6) is -8.11. The Morgan fingerprint density at radius 3 is 2.40 bits per heavy atom. The number of aromatic nitrogens is 1. The first kappa shape index (κ1) is 14.4. The van der Waals surface area contributed by atoms with Gasteiger partial charge < -0.3 is 25.4 Å². The Morgan fingerprint density at radius 2 is 1.80 bits per heavy atom. The van der Waals surface area contributed by atoms with Crippen LogP contribution in [0.4, 0.5) is 0 Å². The maximum atomic E-state index is 11.0. The van der Waals surface area contributed by atoms with Gasteiger partial charge in [0.2, 0.25) is 5.91 Å². The molecule has 108 valence electrons. The second-order valence-electron chi connectivity index (χ2n) is 4.39. The highest BCUT2D eigenvalue weighted by Gasteiger charge is 2.56. The fourth-order valence-electron chi connectivity index (χ4n) is 1.91. The Morgan fingerprint density at radius 1 is 1.20 bits per heavy atom. The number of carbonyl (C=O) groups excluding carboxylic acids is 1. The molecule has 6 N–H and O–H groups in total. The van der Waals surface area contributed by atoms with E-state index in [0.717, 1.165) is 13.1 Å². The van der Waals surface area contributed by atoms with E-state index in [0.29, 0.717) is 10.9 Å². The number of amides is 1. The van der Waals surface area contributed by atoms with Crippen LogP contribution in [0.2, 0.25) is 0 Å². The molecule has 1 aromatic heterocycles. The summed E-state index contributed by atoms with van der Waals surface area (Å²) in [5, 5.41) is 48.5. The molecule has 2 aromatic rings. The molecule has 1 aromatic carbocycles. The third kappa shape index (κ3) is 1.96. The van der Waals surface area contributed by atoms with E-state index in [-0.39, 0.29) is 5.56 Å². The fraction of sp³-hybridized carbons (Fsp3) is 0.250. The largest absolute Gasteiger partial charge is 0.361 e. The summed E-state index contributed by atoms with van der Waals surface area (Å²) in [6, 6.07) is 6.44. The average Bonchev–Trinajstić information content (AvgIpc) is 2.81. The number of nitrogens with one attached hydrogen (secondary N) is 1. The summed E-state index contributed by atoms with van der Waals surface area (Å²) in [5.41, 5.74) is 0.205. The van der Waals surface area contributed by atoms with E-state index in [2.05, 4.69) is 4.98 Å². The van der Waals surface area contributed by atoms with Crippen LogP contribution >= 0.6 is 0 Å². The van der Waals surface area contributed by atoms with Crippen molar-refractivity contribution in [2.75, 3.05) is 0 Å². The van der Waals surface area contributed by atoms with Gasteiger partial charge in [-0.2, -0.15) is 5.06 Å². The van der Waals surface area contributed by atoms with Gasteiger partial charge in [0.05, 0.1) is 0 Å². The van der Waals surface area contributed by atoms with Gasteiger partial charge in [0.25, 0.3) is 5.79 Å². The Hall–Kier alpha value is -1.97. The van der Waals surface area contributed by atoms with Crippen molar-refractivity contribution in [3.8, 4) is 0 Å². The van der Waals surface area contributed by atoms with E-state index in [1.165, 1.54) is 6.07 Å². The molecule has 1 heterocycles. The Balaban J connectivity index is 2.57. The topological polar surface area (TPSA) is 137 Å². The summed E-state index contributed by atoms with van der Waals surface area (Å²) >= 11 is 0. The van der Waals surface area contributed by atoms with E-state index in [4.69, 9.17) is 0 Å². The van der Waals surface area contributed by atoms with Crippen molar-refractivity contribution in [1.29, 1.82) is 0 Å². The van der Waals surface area contributed by atoms with Crippen molar-refractivity contribution < 1.29 is 30.4 Å². The molecule has 1 amide bonds. The molecule has 0 saturated carbocycles. The number of hydrogen-bond donors (Lipinski definition) is 6. The van der Waals surface area contributed by atoms with E-state index in [1.54, 1.807) is 18.2 Å². The van der Waals surface area contributed by atoms with Crippen molar-refractivity contribution in [3.63, 3.8) is 0 Å². The third-order valence-corrected chi connectivity index (χ3v) is 3.03. The standard InChI is InChI=1S/C12H14N2O6/c1-7(15)14(20)12(18,19)11(16,17)9-6-13-10-5-3-2-4-8(9)10/h2-6,13,16-20H,1H3. The van der Waals surface area contributed by atoms with Gasteiger partial charge in [0.15, 0.2) is 0 Å². The van der Waals surface area contributed by atoms with E-state index in [9.17, 15) is 30.4 Å². The van der Waals surface area contributed by atoms with Gasteiger partial charge in [-0.3, -0.25) is 10.0 Å². The molecular formula is C12H14N2O6. The van der Waals surface area contributed by atoms with Gasteiger partial charge in [-0.05, 0) is 6.07 Å². The van der Waals surface area contributed by atoms with Crippen LogP contribution in [0.1, 0.15) is 12.5 Å². The quantitative estimate of drug-likeness (QED) is 0.247. The zero-order chi connectivity index (χ0) is 15.1. The van der Waals surface area contributed by atoms with Gasteiger partial charge >= 0.3 is 5.91 Å². The molecule has 0 bridgehead atoms. The number of rotatable bonds is 3. The van der Waals surface area contributed by atoms with Crippen LogP contribution in [0.5, 0.6) is 0 Å². The van der Waals surface area contributed by atoms with Gasteiger partial charge in [0.1, 0.15) is 0 Å². The lowest BCUT2D eigenvalue weighted by Crippen LogP contribution is -2.63. The van der Waals surface area contributed by atoms with Crippen molar-refractivity contribution >= 4 is 16.8 Å². The summed E-state index contributed by atoms with van der Waals surface area (Å²) in [4.78, 5) is 13.7. The molecule has 0 unspecified atom stereocenters. The maximum absolute atomic E-state index is 11.0. The van der Waals surface area contributed by atoms with Crippen molar-refractivity contribution in [1.82, 2.24) is 10.0 Å². The van der Waals surface area contributed by atoms with Crippen LogP contribution in [-0.4, -0.2) is 47.5 Å². The minimum absolute atomic E-state index is 0.293. The molecule has 0 spiro atoms. The number of hydroxylamine groups is 2.